The van der Waals surface area contributed by atoms with Gasteiger partial charge < -0.3 is 16.2 Å². The molecule has 1 saturated carbocycles. The molecule has 92 valence electrons. The third-order valence-corrected chi connectivity index (χ3v) is 3.36. The van der Waals surface area contributed by atoms with Crippen molar-refractivity contribution in [3.8, 4) is 0 Å². The van der Waals surface area contributed by atoms with Crippen molar-refractivity contribution in [3.05, 3.63) is 17.8 Å². The smallest absolute Gasteiger partial charge is 0.337 e. The minimum Gasteiger partial charge on any atom is -0.478 e. The Bertz CT molecular complexity index is 434. The predicted molar refractivity (Wildman–Crippen MR) is 66.0 cm³/mol. The number of carboxylic acids is 1. The summed E-state index contributed by atoms with van der Waals surface area (Å²) in [5.74, 6) is 0.172. The number of aromatic carboxylic acids is 1. The zero-order valence-electron chi connectivity index (χ0n) is 9.81. The van der Waals surface area contributed by atoms with Crippen molar-refractivity contribution in [1.82, 2.24) is 4.98 Å². The molecular weight excluding hydrogens is 218 g/mol. The quantitative estimate of drug-likeness (QED) is 0.745. The van der Waals surface area contributed by atoms with Crippen molar-refractivity contribution >= 4 is 17.5 Å². The third-order valence-electron chi connectivity index (χ3n) is 3.36. The number of carbonyl (C=O) groups is 1. The van der Waals surface area contributed by atoms with Crippen molar-refractivity contribution in [2.45, 2.75) is 32.2 Å². The van der Waals surface area contributed by atoms with Gasteiger partial charge in [0.05, 0.1) is 17.4 Å². The van der Waals surface area contributed by atoms with Gasteiger partial charge in [0.1, 0.15) is 5.82 Å². The Kier molecular flexibility index (Phi) is 3.17. The number of nitrogens with one attached hydrogen (secondary N) is 1. The van der Waals surface area contributed by atoms with Crippen LogP contribution in [0.15, 0.2) is 12.3 Å². The van der Waals surface area contributed by atoms with Gasteiger partial charge in [0.15, 0.2) is 0 Å². The molecule has 5 nitrogen and oxygen atoms in total. The van der Waals surface area contributed by atoms with Gasteiger partial charge >= 0.3 is 5.97 Å². The molecule has 0 aliphatic heterocycles. The first kappa shape index (κ1) is 11.7. The molecule has 1 aliphatic rings. The summed E-state index contributed by atoms with van der Waals surface area (Å²) in [5, 5.41) is 12.3. The Morgan fingerprint density at radius 2 is 2.35 bits per heavy atom. The van der Waals surface area contributed by atoms with Gasteiger partial charge in [-0.05, 0) is 24.8 Å². The molecule has 1 aromatic rings. The Balaban J connectivity index is 2.16. The summed E-state index contributed by atoms with van der Waals surface area (Å²) in [5.41, 5.74) is 5.86. The molecule has 0 saturated heterocycles. The van der Waals surface area contributed by atoms with Gasteiger partial charge in [0, 0.05) is 6.04 Å². The van der Waals surface area contributed by atoms with Gasteiger partial charge in [-0.1, -0.05) is 13.3 Å². The Labute approximate surface area is 100 Å². The molecule has 0 aromatic carbocycles. The van der Waals surface area contributed by atoms with E-state index in [1.807, 2.05) is 0 Å². The number of hydrogen-bond acceptors (Lipinski definition) is 4. The minimum atomic E-state index is -1.02. The SMILES string of the molecule is CC1CCCC1Nc1cc(C(=O)O)c(N)cn1. The molecular formula is C12H17N3O2. The van der Waals surface area contributed by atoms with Crippen LogP contribution in [0.5, 0.6) is 0 Å². The average Bonchev–Trinajstić information content (AvgIpc) is 2.67. The molecule has 1 heterocycles. The van der Waals surface area contributed by atoms with E-state index in [2.05, 4.69) is 17.2 Å². The van der Waals surface area contributed by atoms with Crippen LogP contribution in [0.4, 0.5) is 11.5 Å². The van der Waals surface area contributed by atoms with Crippen molar-refractivity contribution in [2.24, 2.45) is 5.92 Å². The fourth-order valence-electron chi connectivity index (χ4n) is 2.28. The first-order valence-corrected chi connectivity index (χ1v) is 5.83. The van der Waals surface area contributed by atoms with Crippen molar-refractivity contribution < 1.29 is 9.90 Å². The van der Waals surface area contributed by atoms with Crippen LogP contribution >= 0.6 is 0 Å². The molecule has 0 amide bonds. The Morgan fingerprint density at radius 1 is 1.59 bits per heavy atom. The summed E-state index contributed by atoms with van der Waals surface area (Å²) >= 11 is 0. The van der Waals surface area contributed by atoms with Crippen LogP contribution in [0.25, 0.3) is 0 Å². The zero-order chi connectivity index (χ0) is 12.4. The highest BCUT2D eigenvalue weighted by atomic mass is 16.4. The van der Waals surface area contributed by atoms with Crippen LogP contribution in [-0.4, -0.2) is 22.1 Å². The molecule has 0 radical (unpaired) electrons. The molecule has 2 unspecified atom stereocenters. The highest BCUT2D eigenvalue weighted by molar-refractivity contribution is 5.94. The molecule has 2 rings (SSSR count). The lowest BCUT2D eigenvalue weighted by Gasteiger charge is -2.18. The normalized spacial score (nSPS) is 23.6. The number of nitrogens with zero attached hydrogens (tertiary/aromatic N) is 1. The van der Waals surface area contributed by atoms with Crippen LogP contribution < -0.4 is 11.1 Å². The summed E-state index contributed by atoms with van der Waals surface area (Å²) in [6.07, 6.45) is 4.92. The topological polar surface area (TPSA) is 88.2 Å². The number of pyridine rings is 1. The van der Waals surface area contributed by atoms with E-state index in [4.69, 9.17) is 10.8 Å². The number of nitrogens with two attached hydrogens (primary N) is 1. The maximum atomic E-state index is 10.9. The monoisotopic (exact) mass is 235 g/mol. The molecule has 2 atom stereocenters. The first-order chi connectivity index (χ1) is 8.08. The van der Waals surface area contributed by atoms with E-state index in [1.165, 1.54) is 25.1 Å². The number of rotatable bonds is 3. The van der Waals surface area contributed by atoms with E-state index in [-0.39, 0.29) is 11.3 Å². The Morgan fingerprint density at radius 3 is 2.94 bits per heavy atom. The van der Waals surface area contributed by atoms with Gasteiger partial charge in [-0.25, -0.2) is 9.78 Å². The average molecular weight is 235 g/mol. The van der Waals surface area contributed by atoms with Gasteiger partial charge in [-0.15, -0.1) is 0 Å². The van der Waals surface area contributed by atoms with E-state index < -0.39 is 5.97 Å². The predicted octanol–water partition coefficient (Wildman–Crippen LogP) is 1.96. The van der Waals surface area contributed by atoms with Crippen molar-refractivity contribution in [2.75, 3.05) is 11.1 Å². The van der Waals surface area contributed by atoms with Gasteiger partial charge in [-0.3, -0.25) is 0 Å². The summed E-state index contributed by atoms with van der Waals surface area (Å²) in [6.45, 7) is 2.19. The molecule has 17 heavy (non-hydrogen) atoms. The van der Waals surface area contributed by atoms with E-state index in [0.29, 0.717) is 17.8 Å². The second kappa shape index (κ2) is 4.61. The van der Waals surface area contributed by atoms with Gasteiger partial charge in [-0.2, -0.15) is 0 Å². The van der Waals surface area contributed by atoms with Crippen LogP contribution in [0.1, 0.15) is 36.5 Å². The molecule has 1 aromatic heterocycles. The second-order valence-corrected chi connectivity index (χ2v) is 4.62. The fourth-order valence-corrected chi connectivity index (χ4v) is 2.28. The third kappa shape index (κ3) is 2.49. The van der Waals surface area contributed by atoms with E-state index in [9.17, 15) is 4.79 Å². The molecule has 1 aliphatic carbocycles. The number of hydrogen-bond donors (Lipinski definition) is 3. The maximum Gasteiger partial charge on any atom is 0.337 e. The zero-order valence-corrected chi connectivity index (χ0v) is 9.81. The largest absolute Gasteiger partial charge is 0.478 e. The number of nitrogen functional groups attached to an aromatic ring is 1. The molecule has 1 fully saturated rings. The number of anilines is 2. The lowest BCUT2D eigenvalue weighted by Crippen LogP contribution is -2.22. The summed E-state index contributed by atoms with van der Waals surface area (Å²) in [4.78, 5) is 15.1. The minimum absolute atomic E-state index is 0.105. The summed E-state index contributed by atoms with van der Waals surface area (Å²) in [7, 11) is 0. The van der Waals surface area contributed by atoms with E-state index in [1.54, 1.807) is 0 Å². The van der Waals surface area contributed by atoms with Crippen molar-refractivity contribution in [1.29, 1.82) is 0 Å². The Hall–Kier alpha value is -1.78. The number of aromatic nitrogens is 1. The van der Waals surface area contributed by atoms with Crippen LogP contribution in [0.2, 0.25) is 0 Å². The van der Waals surface area contributed by atoms with Gasteiger partial charge in [0.25, 0.3) is 0 Å². The summed E-state index contributed by atoms with van der Waals surface area (Å²) in [6, 6.07) is 1.88. The highest BCUT2D eigenvalue weighted by Gasteiger charge is 2.23. The number of carboxylic acid groups (broad SMARTS) is 1. The van der Waals surface area contributed by atoms with Crippen LogP contribution in [0, 0.1) is 5.92 Å². The van der Waals surface area contributed by atoms with Crippen molar-refractivity contribution in [3.63, 3.8) is 0 Å². The standard InChI is InChI=1S/C12H17N3O2/c1-7-3-2-4-10(7)15-11-5-8(12(16)17)9(13)6-14-11/h5-7,10H,2-4,13H2,1H3,(H,14,15)(H,16,17). The van der Waals surface area contributed by atoms with Gasteiger partial charge in [0.2, 0.25) is 0 Å². The van der Waals surface area contributed by atoms with E-state index >= 15 is 0 Å². The molecule has 4 N–H and O–H groups in total. The lowest BCUT2D eigenvalue weighted by atomic mass is 10.1. The molecule has 0 bridgehead atoms. The molecule has 0 spiro atoms. The van der Waals surface area contributed by atoms with Crippen LogP contribution in [-0.2, 0) is 0 Å². The summed E-state index contributed by atoms with van der Waals surface area (Å²) < 4.78 is 0. The highest BCUT2D eigenvalue weighted by Crippen LogP contribution is 2.28. The second-order valence-electron chi connectivity index (χ2n) is 4.62. The van der Waals surface area contributed by atoms with Crippen LogP contribution in [0.3, 0.4) is 0 Å². The maximum absolute atomic E-state index is 10.9. The fraction of sp³-hybridized carbons (Fsp3) is 0.500. The first-order valence-electron chi connectivity index (χ1n) is 5.83. The molecule has 5 heteroatoms. The lowest BCUT2D eigenvalue weighted by molar-refractivity contribution is 0.0698. The van der Waals surface area contributed by atoms with E-state index in [0.717, 1.165) is 6.42 Å².